The quantitative estimate of drug-likeness (QED) is 0.865. The molecule has 0 aliphatic carbocycles. The molecular weight excluding hydrogens is 252 g/mol. The van der Waals surface area contributed by atoms with Crippen LogP contribution in [0, 0.1) is 5.92 Å². The molecule has 2 atom stereocenters. The van der Waals surface area contributed by atoms with Crippen LogP contribution in [0.15, 0.2) is 18.2 Å². The number of hydrogen-bond acceptors (Lipinski definition) is 3. The van der Waals surface area contributed by atoms with E-state index in [1.165, 1.54) is 0 Å². The molecule has 0 aliphatic rings. The molecule has 2 unspecified atom stereocenters. The molecule has 1 rings (SSSR count). The Bertz CT molecular complexity index is 423. The number of ether oxygens (including phenoxy) is 1. The molecule has 100 valence electrons. The number of anilines is 1. The molecule has 3 N–H and O–H groups in total. The number of benzene rings is 1. The second kappa shape index (κ2) is 6.61. The van der Waals surface area contributed by atoms with Crippen molar-refractivity contribution in [2.24, 2.45) is 11.7 Å². The minimum absolute atomic E-state index is 0.120. The molecule has 1 amide bonds. The van der Waals surface area contributed by atoms with Gasteiger partial charge in [-0.05, 0) is 18.1 Å². The molecular formula is C13H19ClN2O2. The Morgan fingerprint density at radius 1 is 1.56 bits per heavy atom. The number of carbonyl (C=O) groups excluding carboxylic acids is 1. The topological polar surface area (TPSA) is 64.4 Å². The Kier molecular flexibility index (Phi) is 5.44. The summed E-state index contributed by atoms with van der Waals surface area (Å²) in [6, 6.07) is 4.53. The van der Waals surface area contributed by atoms with Crippen LogP contribution in [0.4, 0.5) is 5.69 Å². The molecule has 0 fully saturated rings. The normalized spacial score (nSPS) is 13.8. The monoisotopic (exact) mass is 270 g/mol. The van der Waals surface area contributed by atoms with Gasteiger partial charge in [-0.25, -0.2) is 0 Å². The number of nitrogens with two attached hydrogens (primary N) is 1. The molecule has 4 nitrogen and oxygen atoms in total. The van der Waals surface area contributed by atoms with Gasteiger partial charge in [-0.2, -0.15) is 0 Å². The molecule has 5 heteroatoms. The van der Waals surface area contributed by atoms with Gasteiger partial charge in [0.1, 0.15) is 5.75 Å². The predicted molar refractivity (Wildman–Crippen MR) is 74.1 cm³/mol. The van der Waals surface area contributed by atoms with Gasteiger partial charge < -0.3 is 15.8 Å². The zero-order chi connectivity index (χ0) is 13.7. The molecule has 0 saturated heterocycles. The van der Waals surface area contributed by atoms with Crippen molar-refractivity contribution in [1.29, 1.82) is 0 Å². The SMILES string of the molecule is CCC(C)C(N)C(=O)Nc1cc(OC)ccc1Cl. The molecule has 0 aromatic heterocycles. The average Bonchev–Trinajstić information content (AvgIpc) is 2.39. The Hall–Kier alpha value is -1.26. The molecule has 18 heavy (non-hydrogen) atoms. The van der Waals surface area contributed by atoms with Crippen molar-refractivity contribution in [1.82, 2.24) is 0 Å². The minimum atomic E-state index is -0.544. The standard InChI is InChI=1S/C13H19ClN2O2/c1-4-8(2)12(15)13(17)16-11-7-9(18-3)5-6-10(11)14/h5-8,12H,4,15H2,1-3H3,(H,16,17). The summed E-state index contributed by atoms with van der Waals surface area (Å²) >= 11 is 6.00. The Morgan fingerprint density at radius 2 is 2.22 bits per heavy atom. The van der Waals surface area contributed by atoms with Crippen LogP contribution in [0.5, 0.6) is 5.75 Å². The summed E-state index contributed by atoms with van der Waals surface area (Å²) in [5.41, 5.74) is 6.37. The number of hydrogen-bond donors (Lipinski definition) is 2. The van der Waals surface area contributed by atoms with Gasteiger partial charge in [-0.15, -0.1) is 0 Å². The van der Waals surface area contributed by atoms with Crippen molar-refractivity contribution < 1.29 is 9.53 Å². The average molecular weight is 271 g/mol. The number of nitrogens with one attached hydrogen (secondary N) is 1. The van der Waals surface area contributed by atoms with Gasteiger partial charge in [0.25, 0.3) is 0 Å². The van der Waals surface area contributed by atoms with Crippen LogP contribution in [0.1, 0.15) is 20.3 Å². The number of amides is 1. The predicted octanol–water partition coefficient (Wildman–Crippen LogP) is 2.66. The summed E-state index contributed by atoms with van der Waals surface area (Å²) in [5.74, 6) is 0.515. The number of carbonyl (C=O) groups is 1. The zero-order valence-electron chi connectivity index (χ0n) is 10.9. The van der Waals surface area contributed by atoms with Crippen LogP contribution >= 0.6 is 11.6 Å². The third-order valence-corrected chi connectivity index (χ3v) is 3.32. The van der Waals surface area contributed by atoms with Crippen LogP contribution in [-0.2, 0) is 4.79 Å². The molecule has 1 aromatic carbocycles. The molecule has 0 bridgehead atoms. The number of rotatable bonds is 5. The third kappa shape index (κ3) is 3.62. The van der Waals surface area contributed by atoms with Gasteiger partial charge >= 0.3 is 0 Å². The van der Waals surface area contributed by atoms with Crippen molar-refractivity contribution in [2.45, 2.75) is 26.3 Å². The van der Waals surface area contributed by atoms with Crippen molar-refractivity contribution >= 4 is 23.2 Å². The fourth-order valence-electron chi connectivity index (χ4n) is 1.46. The van der Waals surface area contributed by atoms with Crippen molar-refractivity contribution in [2.75, 3.05) is 12.4 Å². The highest BCUT2D eigenvalue weighted by molar-refractivity contribution is 6.33. The Balaban J connectivity index is 2.81. The zero-order valence-corrected chi connectivity index (χ0v) is 11.6. The van der Waals surface area contributed by atoms with Gasteiger partial charge in [0, 0.05) is 6.07 Å². The number of methoxy groups -OCH3 is 1. The summed E-state index contributed by atoms with van der Waals surface area (Å²) in [6.07, 6.45) is 0.848. The maximum atomic E-state index is 11.9. The fraction of sp³-hybridized carbons (Fsp3) is 0.462. The van der Waals surface area contributed by atoms with Crippen LogP contribution in [0.25, 0.3) is 0 Å². The lowest BCUT2D eigenvalue weighted by Gasteiger charge is -2.18. The van der Waals surface area contributed by atoms with E-state index in [0.717, 1.165) is 6.42 Å². The van der Waals surface area contributed by atoms with Crippen LogP contribution < -0.4 is 15.8 Å². The maximum Gasteiger partial charge on any atom is 0.241 e. The van der Waals surface area contributed by atoms with Gasteiger partial charge in [0.2, 0.25) is 5.91 Å². The highest BCUT2D eigenvalue weighted by Crippen LogP contribution is 2.27. The van der Waals surface area contributed by atoms with Crippen LogP contribution in [-0.4, -0.2) is 19.1 Å². The van der Waals surface area contributed by atoms with Gasteiger partial charge in [-0.1, -0.05) is 31.9 Å². The lowest BCUT2D eigenvalue weighted by atomic mass is 9.99. The van der Waals surface area contributed by atoms with Gasteiger partial charge in [0.05, 0.1) is 23.9 Å². The summed E-state index contributed by atoms with van der Waals surface area (Å²) < 4.78 is 5.08. The smallest absolute Gasteiger partial charge is 0.241 e. The Labute approximate surface area is 112 Å². The number of halogens is 1. The summed E-state index contributed by atoms with van der Waals surface area (Å²) in [6.45, 7) is 3.94. The van der Waals surface area contributed by atoms with Crippen molar-refractivity contribution in [3.8, 4) is 5.75 Å². The highest BCUT2D eigenvalue weighted by Gasteiger charge is 2.20. The molecule has 1 aromatic rings. The van der Waals surface area contributed by atoms with E-state index in [-0.39, 0.29) is 11.8 Å². The first-order valence-electron chi connectivity index (χ1n) is 5.89. The van der Waals surface area contributed by atoms with Crippen LogP contribution in [0.3, 0.4) is 0 Å². The van der Waals surface area contributed by atoms with E-state index in [1.54, 1.807) is 25.3 Å². The van der Waals surface area contributed by atoms with E-state index in [1.807, 2.05) is 13.8 Å². The molecule has 0 saturated carbocycles. The van der Waals surface area contributed by atoms with E-state index >= 15 is 0 Å². The molecule has 0 aliphatic heterocycles. The van der Waals surface area contributed by atoms with Gasteiger partial charge in [0.15, 0.2) is 0 Å². The lowest BCUT2D eigenvalue weighted by molar-refractivity contribution is -0.118. The highest BCUT2D eigenvalue weighted by atomic mass is 35.5. The van der Waals surface area contributed by atoms with E-state index in [2.05, 4.69) is 5.32 Å². The molecule has 0 radical (unpaired) electrons. The van der Waals surface area contributed by atoms with Crippen molar-refractivity contribution in [3.05, 3.63) is 23.2 Å². The molecule has 0 spiro atoms. The fourth-order valence-corrected chi connectivity index (χ4v) is 1.62. The second-order valence-electron chi connectivity index (χ2n) is 4.25. The molecule has 0 heterocycles. The van der Waals surface area contributed by atoms with Gasteiger partial charge in [-0.3, -0.25) is 4.79 Å². The van der Waals surface area contributed by atoms with Crippen LogP contribution in [0.2, 0.25) is 5.02 Å². The summed E-state index contributed by atoms with van der Waals surface area (Å²) in [5, 5.41) is 3.18. The Morgan fingerprint density at radius 3 is 2.78 bits per heavy atom. The summed E-state index contributed by atoms with van der Waals surface area (Å²) in [4.78, 5) is 11.9. The van der Waals surface area contributed by atoms with E-state index in [9.17, 15) is 4.79 Å². The van der Waals surface area contributed by atoms with E-state index in [0.29, 0.717) is 16.5 Å². The first-order chi connectivity index (χ1) is 8.49. The third-order valence-electron chi connectivity index (χ3n) is 2.99. The van der Waals surface area contributed by atoms with E-state index in [4.69, 9.17) is 22.1 Å². The van der Waals surface area contributed by atoms with E-state index < -0.39 is 6.04 Å². The summed E-state index contributed by atoms with van der Waals surface area (Å²) in [7, 11) is 1.56. The second-order valence-corrected chi connectivity index (χ2v) is 4.65. The maximum absolute atomic E-state index is 11.9. The van der Waals surface area contributed by atoms with Crippen molar-refractivity contribution in [3.63, 3.8) is 0 Å². The lowest BCUT2D eigenvalue weighted by Crippen LogP contribution is -2.40. The minimum Gasteiger partial charge on any atom is -0.497 e. The largest absolute Gasteiger partial charge is 0.497 e. The first-order valence-corrected chi connectivity index (χ1v) is 6.27. The first kappa shape index (κ1) is 14.8.